The third-order valence-electron chi connectivity index (χ3n) is 6.17. The predicted octanol–water partition coefficient (Wildman–Crippen LogP) is 4.94. The second-order valence-corrected chi connectivity index (χ2v) is 8.71. The van der Waals surface area contributed by atoms with E-state index >= 15 is 0 Å². The number of rotatable bonds is 4. The van der Waals surface area contributed by atoms with Gasteiger partial charge in [-0.15, -0.1) is 0 Å². The maximum absolute atomic E-state index is 13.4. The smallest absolute Gasteiger partial charge is 0.253 e. The van der Waals surface area contributed by atoms with Gasteiger partial charge in [-0.2, -0.15) is 0 Å². The minimum Gasteiger partial charge on any atom is -0.345 e. The van der Waals surface area contributed by atoms with Gasteiger partial charge in [-0.05, 0) is 55.5 Å². The summed E-state index contributed by atoms with van der Waals surface area (Å²) in [4.78, 5) is 31.0. The summed E-state index contributed by atoms with van der Waals surface area (Å²) in [6.45, 7) is 2.45. The van der Waals surface area contributed by atoms with E-state index in [2.05, 4.69) is 10.3 Å². The molecule has 1 aromatic heterocycles. The fraction of sp³-hybridized carbons (Fsp3) is 0.435. The van der Waals surface area contributed by atoms with Crippen LogP contribution in [0.3, 0.4) is 0 Å². The number of amides is 2. The number of fused-ring (bicyclic) bond motifs is 1. The molecule has 2 amide bonds. The van der Waals surface area contributed by atoms with Gasteiger partial charge >= 0.3 is 0 Å². The Hall–Kier alpha value is -2.54. The summed E-state index contributed by atoms with van der Waals surface area (Å²) in [6.07, 6.45) is 2.17. The van der Waals surface area contributed by atoms with Gasteiger partial charge in [0.25, 0.3) is 5.91 Å². The zero-order valence-electron chi connectivity index (χ0n) is 17.2. The number of carbonyl (C=O) groups excluding carboxylic acids is 2. The first kappa shape index (κ1) is 21.7. The fourth-order valence-electron chi connectivity index (χ4n) is 4.30. The summed E-state index contributed by atoms with van der Waals surface area (Å²) >= 11 is 5.76. The van der Waals surface area contributed by atoms with E-state index in [-0.39, 0.29) is 49.5 Å². The lowest BCUT2D eigenvalue weighted by molar-refractivity contribution is -0.126. The molecule has 1 atom stereocenters. The standard InChI is InChI=1S/C23H24ClF2N3O2/c1-14(28-21(30)18-3-5-20(24)27-13-18)16-2-4-19-17(12-16)8-11-29(19)22(31)15-6-9-23(25,26)10-7-15/h2-5,12-15H,6-11H2,1H3,(H,28,30)/t14-/m1/s1. The van der Waals surface area contributed by atoms with Gasteiger partial charge in [0.05, 0.1) is 11.6 Å². The first-order valence-corrected chi connectivity index (χ1v) is 10.9. The number of carbonyl (C=O) groups is 2. The third kappa shape index (κ3) is 4.71. The van der Waals surface area contributed by atoms with Gasteiger partial charge in [0.1, 0.15) is 5.15 Å². The number of pyridine rings is 1. The highest BCUT2D eigenvalue weighted by molar-refractivity contribution is 6.29. The summed E-state index contributed by atoms with van der Waals surface area (Å²) in [5.41, 5.74) is 3.22. The van der Waals surface area contributed by atoms with Crippen LogP contribution >= 0.6 is 11.6 Å². The highest BCUT2D eigenvalue weighted by atomic mass is 35.5. The summed E-state index contributed by atoms with van der Waals surface area (Å²) in [7, 11) is 0. The lowest BCUT2D eigenvalue weighted by Crippen LogP contribution is -2.38. The average Bonchev–Trinajstić information content (AvgIpc) is 3.17. The zero-order valence-corrected chi connectivity index (χ0v) is 18.0. The van der Waals surface area contributed by atoms with Crippen LogP contribution in [0.4, 0.5) is 14.5 Å². The first-order chi connectivity index (χ1) is 14.7. The van der Waals surface area contributed by atoms with Crippen molar-refractivity contribution in [1.82, 2.24) is 10.3 Å². The van der Waals surface area contributed by atoms with Gasteiger partial charge in [-0.3, -0.25) is 9.59 Å². The van der Waals surface area contributed by atoms with Crippen molar-refractivity contribution in [2.45, 2.75) is 51.0 Å². The monoisotopic (exact) mass is 447 g/mol. The number of benzene rings is 1. The highest BCUT2D eigenvalue weighted by Crippen LogP contribution is 2.39. The lowest BCUT2D eigenvalue weighted by Gasteiger charge is -2.30. The molecule has 0 saturated heterocycles. The molecule has 2 aliphatic rings. The van der Waals surface area contributed by atoms with E-state index in [1.165, 1.54) is 6.20 Å². The molecule has 164 valence electrons. The summed E-state index contributed by atoms with van der Waals surface area (Å²) < 4.78 is 26.9. The van der Waals surface area contributed by atoms with E-state index in [4.69, 9.17) is 11.6 Å². The van der Waals surface area contributed by atoms with E-state index in [0.717, 1.165) is 16.8 Å². The fourth-order valence-corrected chi connectivity index (χ4v) is 4.41. The molecule has 0 unspecified atom stereocenters. The summed E-state index contributed by atoms with van der Waals surface area (Å²) in [5, 5.41) is 3.27. The van der Waals surface area contributed by atoms with Gasteiger partial charge in [0.15, 0.2) is 0 Å². The Morgan fingerprint density at radius 2 is 1.97 bits per heavy atom. The van der Waals surface area contributed by atoms with Crippen molar-refractivity contribution in [3.63, 3.8) is 0 Å². The molecule has 5 nitrogen and oxygen atoms in total. The Kier molecular flexibility index (Phi) is 5.97. The van der Waals surface area contributed by atoms with E-state index in [1.54, 1.807) is 17.0 Å². The van der Waals surface area contributed by atoms with Crippen LogP contribution < -0.4 is 10.2 Å². The summed E-state index contributed by atoms with van der Waals surface area (Å²) in [6, 6.07) is 8.73. The van der Waals surface area contributed by atoms with Gasteiger partial charge < -0.3 is 10.2 Å². The van der Waals surface area contributed by atoms with E-state index in [1.807, 2.05) is 25.1 Å². The second kappa shape index (κ2) is 8.54. The summed E-state index contributed by atoms with van der Waals surface area (Å²) in [5.74, 6) is -3.28. The number of hydrogen-bond acceptors (Lipinski definition) is 3. The molecule has 0 spiro atoms. The van der Waals surface area contributed by atoms with Crippen LogP contribution in [-0.4, -0.2) is 29.3 Å². The van der Waals surface area contributed by atoms with Crippen LogP contribution in [0, 0.1) is 5.92 Å². The maximum Gasteiger partial charge on any atom is 0.253 e. The molecule has 31 heavy (non-hydrogen) atoms. The predicted molar refractivity (Wildman–Crippen MR) is 115 cm³/mol. The number of nitrogens with zero attached hydrogens (tertiary/aromatic N) is 2. The van der Waals surface area contributed by atoms with Crippen LogP contribution in [0.1, 0.15) is 60.1 Å². The third-order valence-corrected chi connectivity index (χ3v) is 6.39. The Morgan fingerprint density at radius 1 is 1.23 bits per heavy atom. The van der Waals surface area contributed by atoms with Crippen LogP contribution in [-0.2, 0) is 11.2 Å². The number of nitrogens with one attached hydrogen (secondary N) is 1. The average molecular weight is 448 g/mol. The Bertz CT molecular complexity index is 987. The van der Waals surface area contributed by atoms with Crippen LogP contribution in [0.15, 0.2) is 36.5 Å². The van der Waals surface area contributed by atoms with E-state index < -0.39 is 5.92 Å². The number of halogens is 3. The quantitative estimate of drug-likeness (QED) is 0.675. The van der Waals surface area contributed by atoms with Crippen molar-refractivity contribution >= 4 is 29.1 Å². The van der Waals surface area contributed by atoms with Gasteiger partial charge in [0, 0.05) is 37.2 Å². The maximum atomic E-state index is 13.4. The SMILES string of the molecule is C[C@@H](NC(=O)c1ccc(Cl)nc1)c1ccc2c(c1)CCN2C(=O)C1CCC(F)(F)CC1. The first-order valence-electron chi connectivity index (χ1n) is 10.5. The van der Waals surface area contributed by atoms with Crippen molar-refractivity contribution < 1.29 is 18.4 Å². The molecular formula is C23H24ClF2N3O2. The zero-order chi connectivity index (χ0) is 22.2. The van der Waals surface area contributed by atoms with Gasteiger partial charge in [-0.25, -0.2) is 13.8 Å². The molecule has 1 aromatic carbocycles. The molecule has 1 fully saturated rings. The van der Waals surface area contributed by atoms with Crippen LogP contribution in [0.2, 0.25) is 5.15 Å². The minimum absolute atomic E-state index is 0.0569. The Balaban J connectivity index is 1.42. The highest BCUT2D eigenvalue weighted by Gasteiger charge is 2.39. The van der Waals surface area contributed by atoms with Crippen molar-refractivity contribution in [2.75, 3.05) is 11.4 Å². The molecule has 1 aliphatic carbocycles. The molecule has 1 aliphatic heterocycles. The van der Waals surface area contributed by atoms with Gasteiger partial charge in [0.2, 0.25) is 11.8 Å². The molecule has 2 aromatic rings. The van der Waals surface area contributed by atoms with Crippen molar-refractivity contribution in [3.05, 3.63) is 58.4 Å². The van der Waals surface area contributed by atoms with Crippen molar-refractivity contribution in [2.24, 2.45) is 5.92 Å². The number of alkyl halides is 2. The molecule has 4 rings (SSSR count). The van der Waals surface area contributed by atoms with E-state index in [0.29, 0.717) is 23.7 Å². The molecule has 8 heteroatoms. The normalized spacial score (nSPS) is 19.0. The van der Waals surface area contributed by atoms with Crippen molar-refractivity contribution in [1.29, 1.82) is 0 Å². The molecular weight excluding hydrogens is 424 g/mol. The Morgan fingerprint density at radius 3 is 2.65 bits per heavy atom. The number of hydrogen-bond donors (Lipinski definition) is 1. The van der Waals surface area contributed by atoms with Crippen LogP contribution in [0.25, 0.3) is 0 Å². The molecule has 0 bridgehead atoms. The van der Waals surface area contributed by atoms with Crippen LogP contribution in [0.5, 0.6) is 0 Å². The number of aromatic nitrogens is 1. The molecule has 1 saturated carbocycles. The van der Waals surface area contributed by atoms with E-state index in [9.17, 15) is 18.4 Å². The van der Waals surface area contributed by atoms with Crippen molar-refractivity contribution in [3.8, 4) is 0 Å². The minimum atomic E-state index is -2.64. The van der Waals surface area contributed by atoms with Gasteiger partial charge in [-0.1, -0.05) is 23.7 Å². The molecule has 1 N–H and O–H groups in total. The Labute approximate surface area is 184 Å². The number of anilines is 1. The topological polar surface area (TPSA) is 62.3 Å². The second-order valence-electron chi connectivity index (χ2n) is 8.32. The molecule has 0 radical (unpaired) electrons. The largest absolute Gasteiger partial charge is 0.345 e. The lowest BCUT2D eigenvalue weighted by atomic mass is 9.86. The molecule has 2 heterocycles.